The molecule has 1 saturated carbocycles. The van der Waals surface area contributed by atoms with Crippen molar-refractivity contribution in [1.29, 1.82) is 0 Å². The standard InChI is InChI=1S/C11H11/c1-9-7-11(8-9)10-5-3-2-4-6-10/h2-6H,1,7-8H2. The molecular formula is C11H11. The van der Waals surface area contributed by atoms with Gasteiger partial charge in [-0.3, -0.25) is 0 Å². The number of allylic oxidation sites excluding steroid dienone is 1. The summed E-state index contributed by atoms with van der Waals surface area (Å²) in [7, 11) is 0. The normalized spacial score (nSPS) is 18.0. The van der Waals surface area contributed by atoms with Gasteiger partial charge in [-0.2, -0.15) is 0 Å². The molecule has 1 aliphatic rings. The van der Waals surface area contributed by atoms with Gasteiger partial charge in [0.25, 0.3) is 0 Å². The molecule has 1 aromatic carbocycles. The first kappa shape index (κ1) is 6.66. The van der Waals surface area contributed by atoms with Gasteiger partial charge in [-0.15, -0.1) is 0 Å². The molecule has 11 heavy (non-hydrogen) atoms. The SMILES string of the molecule is C=C1C[C](c2ccccc2)C1. The van der Waals surface area contributed by atoms with Crippen molar-refractivity contribution in [3.63, 3.8) is 0 Å². The fraction of sp³-hybridized carbons (Fsp3) is 0.182. The third-order valence-electron chi connectivity index (χ3n) is 2.11. The van der Waals surface area contributed by atoms with Gasteiger partial charge in [0, 0.05) is 5.92 Å². The van der Waals surface area contributed by atoms with E-state index in [-0.39, 0.29) is 0 Å². The van der Waals surface area contributed by atoms with Gasteiger partial charge in [0.05, 0.1) is 0 Å². The molecule has 1 fully saturated rings. The topological polar surface area (TPSA) is 0 Å². The fourth-order valence-electron chi connectivity index (χ4n) is 1.43. The molecule has 1 aliphatic carbocycles. The van der Waals surface area contributed by atoms with Crippen LogP contribution in [0.3, 0.4) is 0 Å². The molecule has 0 nitrogen and oxygen atoms in total. The summed E-state index contributed by atoms with van der Waals surface area (Å²) in [6.45, 7) is 3.92. The zero-order chi connectivity index (χ0) is 7.68. The van der Waals surface area contributed by atoms with Crippen LogP contribution < -0.4 is 0 Å². The summed E-state index contributed by atoms with van der Waals surface area (Å²) >= 11 is 0. The maximum Gasteiger partial charge on any atom is 0.0130 e. The van der Waals surface area contributed by atoms with E-state index in [2.05, 4.69) is 36.9 Å². The zero-order valence-electron chi connectivity index (χ0n) is 6.51. The number of benzene rings is 1. The Labute approximate surface area is 67.6 Å². The minimum Gasteiger partial charge on any atom is -0.0998 e. The van der Waals surface area contributed by atoms with E-state index >= 15 is 0 Å². The Bertz CT molecular complexity index is 251. The van der Waals surface area contributed by atoms with E-state index in [0.29, 0.717) is 0 Å². The van der Waals surface area contributed by atoms with Gasteiger partial charge in [-0.25, -0.2) is 0 Å². The summed E-state index contributed by atoms with van der Waals surface area (Å²) in [6, 6.07) is 10.6. The molecule has 55 valence electrons. The highest BCUT2D eigenvalue weighted by Crippen LogP contribution is 2.38. The zero-order valence-corrected chi connectivity index (χ0v) is 6.51. The Morgan fingerprint density at radius 3 is 2.18 bits per heavy atom. The van der Waals surface area contributed by atoms with Crippen LogP contribution in [0.1, 0.15) is 18.4 Å². The van der Waals surface area contributed by atoms with Gasteiger partial charge in [-0.1, -0.05) is 42.5 Å². The van der Waals surface area contributed by atoms with Crippen molar-refractivity contribution >= 4 is 0 Å². The maximum absolute atomic E-state index is 3.92. The highest BCUT2D eigenvalue weighted by atomic mass is 14.3. The second-order valence-electron chi connectivity index (χ2n) is 3.07. The maximum atomic E-state index is 3.92. The molecule has 0 amide bonds. The summed E-state index contributed by atoms with van der Waals surface area (Å²) in [4.78, 5) is 0. The van der Waals surface area contributed by atoms with Gasteiger partial charge in [0.15, 0.2) is 0 Å². The third-order valence-corrected chi connectivity index (χ3v) is 2.11. The van der Waals surface area contributed by atoms with Gasteiger partial charge in [-0.05, 0) is 18.4 Å². The van der Waals surface area contributed by atoms with E-state index in [1.54, 1.807) is 0 Å². The van der Waals surface area contributed by atoms with Crippen LogP contribution in [0, 0.1) is 5.92 Å². The minimum absolute atomic E-state index is 1.12. The summed E-state index contributed by atoms with van der Waals surface area (Å²) < 4.78 is 0. The van der Waals surface area contributed by atoms with E-state index in [9.17, 15) is 0 Å². The van der Waals surface area contributed by atoms with Crippen molar-refractivity contribution in [2.75, 3.05) is 0 Å². The van der Waals surface area contributed by atoms with Crippen LogP contribution in [0.2, 0.25) is 0 Å². The summed E-state index contributed by atoms with van der Waals surface area (Å²) in [5.74, 6) is 1.54. The monoisotopic (exact) mass is 143 g/mol. The molecule has 1 aromatic rings. The average Bonchev–Trinajstić information content (AvgIpc) is 2.01. The van der Waals surface area contributed by atoms with Crippen LogP contribution in [0.5, 0.6) is 0 Å². The molecule has 0 atom stereocenters. The van der Waals surface area contributed by atoms with Gasteiger partial charge in [0.1, 0.15) is 0 Å². The van der Waals surface area contributed by atoms with Crippen molar-refractivity contribution < 1.29 is 0 Å². The van der Waals surface area contributed by atoms with Crippen LogP contribution in [0.25, 0.3) is 0 Å². The molecule has 0 bridgehead atoms. The first-order valence-corrected chi connectivity index (χ1v) is 3.93. The second-order valence-corrected chi connectivity index (χ2v) is 3.07. The van der Waals surface area contributed by atoms with Crippen LogP contribution in [0.4, 0.5) is 0 Å². The highest BCUT2D eigenvalue weighted by Gasteiger charge is 2.22. The van der Waals surface area contributed by atoms with Gasteiger partial charge in [0.2, 0.25) is 0 Å². The Morgan fingerprint density at radius 2 is 1.64 bits per heavy atom. The number of rotatable bonds is 1. The van der Waals surface area contributed by atoms with Crippen LogP contribution >= 0.6 is 0 Å². The van der Waals surface area contributed by atoms with E-state index in [4.69, 9.17) is 0 Å². The Morgan fingerprint density at radius 1 is 1.00 bits per heavy atom. The van der Waals surface area contributed by atoms with Gasteiger partial charge < -0.3 is 0 Å². The van der Waals surface area contributed by atoms with E-state index in [1.807, 2.05) is 0 Å². The number of hydrogen-bond acceptors (Lipinski definition) is 0. The quantitative estimate of drug-likeness (QED) is 0.530. The molecule has 0 spiro atoms. The van der Waals surface area contributed by atoms with Crippen molar-refractivity contribution in [2.45, 2.75) is 12.8 Å². The van der Waals surface area contributed by atoms with Crippen molar-refractivity contribution in [2.24, 2.45) is 0 Å². The lowest BCUT2D eigenvalue weighted by atomic mass is 9.77. The van der Waals surface area contributed by atoms with Gasteiger partial charge >= 0.3 is 0 Å². The lowest BCUT2D eigenvalue weighted by molar-refractivity contribution is 0.749. The molecule has 0 heterocycles. The second kappa shape index (κ2) is 2.54. The first-order chi connectivity index (χ1) is 5.36. The predicted octanol–water partition coefficient (Wildman–Crippen LogP) is 2.96. The van der Waals surface area contributed by atoms with Crippen LogP contribution in [0.15, 0.2) is 42.5 Å². The summed E-state index contributed by atoms with van der Waals surface area (Å²) in [6.07, 6.45) is 2.23. The van der Waals surface area contributed by atoms with E-state index < -0.39 is 0 Å². The molecule has 0 saturated heterocycles. The first-order valence-electron chi connectivity index (χ1n) is 3.93. The average molecular weight is 143 g/mol. The van der Waals surface area contributed by atoms with E-state index in [1.165, 1.54) is 17.1 Å². The molecule has 0 aromatic heterocycles. The lowest BCUT2D eigenvalue weighted by Gasteiger charge is -2.27. The van der Waals surface area contributed by atoms with Crippen molar-refractivity contribution in [1.82, 2.24) is 0 Å². The molecule has 0 N–H and O–H groups in total. The Balaban J connectivity index is 2.13. The van der Waals surface area contributed by atoms with Crippen LogP contribution in [-0.2, 0) is 0 Å². The highest BCUT2D eigenvalue weighted by molar-refractivity contribution is 5.41. The Kier molecular flexibility index (Phi) is 1.54. The van der Waals surface area contributed by atoms with Crippen LogP contribution in [-0.4, -0.2) is 0 Å². The minimum atomic E-state index is 1.12. The lowest BCUT2D eigenvalue weighted by Crippen LogP contribution is -2.12. The molecular weight excluding hydrogens is 132 g/mol. The van der Waals surface area contributed by atoms with Crippen molar-refractivity contribution in [3.8, 4) is 0 Å². The number of hydrogen-bond donors (Lipinski definition) is 0. The molecule has 0 unspecified atom stereocenters. The summed E-state index contributed by atoms with van der Waals surface area (Å²) in [5, 5.41) is 0. The largest absolute Gasteiger partial charge is 0.0998 e. The summed E-state index contributed by atoms with van der Waals surface area (Å²) in [5.41, 5.74) is 2.75. The van der Waals surface area contributed by atoms with Crippen molar-refractivity contribution in [3.05, 3.63) is 54.0 Å². The van der Waals surface area contributed by atoms with E-state index in [0.717, 1.165) is 12.8 Å². The molecule has 2 rings (SSSR count). The third kappa shape index (κ3) is 1.21. The smallest absolute Gasteiger partial charge is 0.0130 e. The molecule has 0 aliphatic heterocycles. The Hall–Kier alpha value is -1.04. The fourth-order valence-corrected chi connectivity index (χ4v) is 1.43. The molecule has 0 heteroatoms. The predicted molar refractivity (Wildman–Crippen MR) is 47.2 cm³/mol. The molecule has 1 radical (unpaired) electrons.